The van der Waals surface area contributed by atoms with Crippen LogP contribution in [0.15, 0.2) is 23.0 Å². The van der Waals surface area contributed by atoms with Crippen molar-refractivity contribution in [1.82, 2.24) is 5.32 Å². The van der Waals surface area contributed by atoms with Gasteiger partial charge in [0.2, 0.25) is 5.78 Å². The molecule has 1 aromatic carbocycles. The molecule has 1 saturated carbocycles. The summed E-state index contributed by atoms with van der Waals surface area (Å²) in [4.78, 5) is 39.5. The van der Waals surface area contributed by atoms with Crippen LogP contribution >= 0.6 is 0 Å². The lowest BCUT2D eigenvalue weighted by molar-refractivity contribution is -0.147. The van der Waals surface area contributed by atoms with Gasteiger partial charge in [0.15, 0.2) is 11.4 Å². The summed E-state index contributed by atoms with van der Waals surface area (Å²) in [6, 6.07) is 1.81. The fourth-order valence-corrected chi connectivity index (χ4v) is 5.45. The summed E-state index contributed by atoms with van der Waals surface area (Å²) in [6.45, 7) is 0.305. The van der Waals surface area contributed by atoms with Gasteiger partial charge in [-0.05, 0) is 37.4 Å². The molecule has 10 nitrogen and oxygen atoms in total. The minimum atomic E-state index is -2.56. The summed E-state index contributed by atoms with van der Waals surface area (Å²) in [5.41, 5.74) is 3.70. The molecule has 1 amide bonds. The Kier molecular flexibility index (Phi) is 5.25. The van der Waals surface area contributed by atoms with Gasteiger partial charge in [0.05, 0.1) is 5.56 Å². The number of carbonyl (C=O) groups is 3. The molecule has 0 radical (unpaired) electrons. The second kappa shape index (κ2) is 7.60. The van der Waals surface area contributed by atoms with Crippen LogP contribution < -0.4 is 16.0 Å². The molecule has 0 saturated heterocycles. The van der Waals surface area contributed by atoms with E-state index in [9.17, 15) is 34.8 Å². The Balaban J connectivity index is 1.96. The standard InChI is InChI=1S/C23H27N3O7/c1-25-8-10-6-13(26(2)3)12-5-9-4-11-7-14(27)17(22(24)32)21(31)23(11,33)20(30)15(9)19(29)16(12)18(10)28/h6,9,11,25,28-29,31,33H,4-5,7-8H2,1-3H3,(H2,24,32)/t9-,11+,23+/m1/s1. The number of fused-ring (bicyclic) bond motifs is 3. The van der Waals surface area contributed by atoms with Gasteiger partial charge in [-0.25, -0.2) is 0 Å². The van der Waals surface area contributed by atoms with Crippen LogP contribution in [-0.2, 0) is 27.3 Å². The van der Waals surface area contributed by atoms with E-state index < -0.39 is 52.0 Å². The molecule has 0 aromatic heterocycles. The predicted molar refractivity (Wildman–Crippen MR) is 118 cm³/mol. The summed E-state index contributed by atoms with van der Waals surface area (Å²) >= 11 is 0. The van der Waals surface area contributed by atoms with Crippen molar-refractivity contribution in [2.24, 2.45) is 17.6 Å². The largest absolute Gasteiger partial charge is 0.508 e. The van der Waals surface area contributed by atoms with Gasteiger partial charge in [0, 0.05) is 49.8 Å². The molecule has 3 aliphatic rings. The third-order valence-corrected chi connectivity index (χ3v) is 6.97. The number of phenols is 1. The normalized spacial score (nSPS) is 26.7. The molecule has 1 aromatic rings. The average Bonchev–Trinajstić information content (AvgIpc) is 2.72. The Hall–Kier alpha value is -3.37. The number of nitrogens with one attached hydrogen (secondary N) is 1. The van der Waals surface area contributed by atoms with E-state index in [2.05, 4.69) is 5.32 Å². The molecule has 4 rings (SSSR count). The minimum Gasteiger partial charge on any atom is -0.508 e. The van der Waals surface area contributed by atoms with Crippen molar-refractivity contribution in [3.8, 4) is 5.75 Å². The topological polar surface area (TPSA) is 173 Å². The Morgan fingerprint density at radius 3 is 2.48 bits per heavy atom. The maximum atomic E-state index is 13.5. The number of anilines is 1. The minimum absolute atomic E-state index is 0.0959. The van der Waals surface area contributed by atoms with Gasteiger partial charge in [0.1, 0.15) is 22.8 Å². The number of nitrogens with two attached hydrogens (primary N) is 1. The molecule has 33 heavy (non-hydrogen) atoms. The van der Waals surface area contributed by atoms with Crippen molar-refractivity contribution in [2.45, 2.75) is 31.4 Å². The van der Waals surface area contributed by atoms with Crippen LogP contribution in [0.25, 0.3) is 5.76 Å². The maximum absolute atomic E-state index is 13.5. The van der Waals surface area contributed by atoms with Gasteiger partial charge in [0.25, 0.3) is 5.91 Å². The van der Waals surface area contributed by atoms with Crippen LogP contribution in [0.2, 0.25) is 0 Å². The smallest absolute Gasteiger partial charge is 0.255 e. The van der Waals surface area contributed by atoms with E-state index >= 15 is 0 Å². The van der Waals surface area contributed by atoms with E-state index in [1.165, 1.54) is 0 Å². The Bertz CT molecular complexity index is 1170. The van der Waals surface area contributed by atoms with Crippen molar-refractivity contribution in [2.75, 3.05) is 26.0 Å². The summed E-state index contributed by atoms with van der Waals surface area (Å²) in [6.07, 6.45) is 0.0407. The number of primary amides is 1. The van der Waals surface area contributed by atoms with E-state index in [-0.39, 0.29) is 36.1 Å². The first-order valence-corrected chi connectivity index (χ1v) is 10.6. The Labute approximate surface area is 190 Å². The molecule has 0 heterocycles. The quantitative estimate of drug-likeness (QED) is 0.345. The molecule has 0 unspecified atom stereocenters. The van der Waals surface area contributed by atoms with Crippen LogP contribution in [0.3, 0.4) is 0 Å². The summed E-state index contributed by atoms with van der Waals surface area (Å²) in [5.74, 6) is -6.26. The Morgan fingerprint density at radius 2 is 1.91 bits per heavy atom. The van der Waals surface area contributed by atoms with E-state index in [0.29, 0.717) is 17.7 Å². The second-order valence-electron chi connectivity index (χ2n) is 9.09. The van der Waals surface area contributed by atoms with Crippen LogP contribution in [0, 0.1) is 11.8 Å². The van der Waals surface area contributed by atoms with Crippen LogP contribution in [0.4, 0.5) is 5.69 Å². The SMILES string of the molecule is CNCc1cc(N(C)C)c2c(c1O)C(O)=C1C(=O)[C@]3(O)C(O)=C(C(N)=O)C(=O)C[C@@H]3C[C@@H]1C2. The van der Waals surface area contributed by atoms with E-state index in [1.54, 1.807) is 7.05 Å². The zero-order valence-electron chi connectivity index (χ0n) is 18.6. The number of hydrogen-bond donors (Lipinski definition) is 6. The monoisotopic (exact) mass is 457 g/mol. The predicted octanol–water partition coefficient (Wildman–Crippen LogP) is 0.209. The molecule has 1 fully saturated rings. The summed E-state index contributed by atoms with van der Waals surface area (Å²) < 4.78 is 0. The summed E-state index contributed by atoms with van der Waals surface area (Å²) in [7, 11) is 5.36. The van der Waals surface area contributed by atoms with E-state index in [4.69, 9.17) is 5.73 Å². The number of aromatic hydroxyl groups is 1. The average molecular weight is 457 g/mol. The highest BCUT2D eigenvalue weighted by molar-refractivity contribution is 6.22. The number of hydrogen-bond acceptors (Lipinski definition) is 9. The Morgan fingerprint density at radius 1 is 1.24 bits per heavy atom. The van der Waals surface area contributed by atoms with E-state index in [1.807, 2.05) is 25.1 Å². The third kappa shape index (κ3) is 3.05. The first kappa shape index (κ1) is 22.8. The van der Waals surface area contributed by atoms with Crippen molar-refractivity contribution >= 4 is 28.9 Å². The van der Waals surface area contributed by atoms with Crippen LogP contribution in [-0.4, -0.2) is 64.6 Å². The molecule has 0 aliphatic heterocycles. The van der Waals surface area contributed by atoms with Gasteiger partial charge in [-0.3, -0.25) is 14.4 Å². The first-order valence-electron chi connectivity index (χ1n) is 10.6. The number of ketones is 2. The number of amides is 1. The maximum Gasteiger partial charge on any atom is 0.255 e. The fraction of sp³-hybridized carbons (Fsp3) is 0.435. The molecule has 7 N–H and O–H groups in total. The number of Topliss-reactive ketones (excluding diaryl/α,β-unsaturated/α-hetero) is 2. The highest BCUT2D eigenvalue weighted by Crippen LogP contribution is 2.53. The number of aliphatic hydroxyl groups is 3. The first-order chi connectivity index (χ1) is 15.4. The fourth-order valence-electron chi connectivity index (χ4n) is 5.45. The lowest BCUT2D eigenvalue weighted by Gasteiger charge is -2.46. The second-order valence-corrected chi connectivity index (χ2v) is 9.09. The molecule has 176 valence electrons. The van der Waals surface area contributed by atoms with Crippen molar-refractivity contribution < 1.29 is 34.8 Å². The number of carbonyl (C=O) groups excluding carboxylic acids is 3. The van der Waals surface area contributed by atoms with Gasteiger partial charge in [-0.2, -0.15) is 0 Å². The van der Waals surface area contributed by atoms with Crippen molar-refractivity contribution in [3.63, 3.8) is 0 Å². The zero-order chi connectivity index (χ0) is 24.4. The number of nitrogens with zero attached hydrogens (tertiary/aromatic N) is 1. The van der Waals surface area contributed by atoms with Gasteiger partial charge in [-0.15, -0.1) is 0 Å². The zero-order valence-corrected chi connectivity index (χ0v) is 18.6. The number of phenolic OH excluding ortho intramolecular Hbond substituents is 1. The van der Waals surface area contributed by atoms with Crippen molar-refractivity contribution in [1.29, 1.82) is 0 Å². The molecule has 3 aliphatic carbocycles. The molecule has 10 heteroatoms. The van der Waals surface area contributed by atoms with Gasteiger partial charge >= 0.3 is 0 Å². The molecule has 3 atom stereocenters. The lowest BCUT2D eigenvalue weighted by Crippen LogP contribution is -2.58. The van der Waals surface area contributed by atoms with Gasteiger partial charge in [-0.1, -0.05) is 0 Å². The van der Waals surface area contributed by atoms with Crippen LogP contribution in [0.1, 0.15) is 29.5 Å². The van der Waals surface area contributed by atoms with Gasteiger partial charge < -0.3 is 36.4 Å². The molecule has 0 bridgehead atoms. The van der Waals surface area contributed by atoms with E-state index in [0.717, 1.165) is 5.69 Å². The summed E-state index contributed by atoms with van der Waals surface area (Å²) in [5, 5.41) is 47.0. The van der Waals surface area contributed by atoms with Crippen molar-refractivity contribution in [3.05, 3.63) is 39.7 Å². The van der Waals surface area contributed by atoms with Crippen LogP contribution in [0.5, 0.6) is 5.75 Å². The third-order valence-electron chi connectivity index (χ3n) is 6.97. The number of rotatable bonds is 4. The number of benzene rings is 1. The lowest BCUT2D eigenvalue weighted by atomic mass is 9.59. The molecular formula is C23H27N3O7. The highest BCUT2D eigenvalue weighted by atomic mass is 16.3. The highest BCUT2D eigenvalue weighted by Gasteiger charge is 2.60. The molecular weight excluding hydrogens is 430 g/mol. The molecule has 0 spiro atoms. The number of aliphatic hydroxyl groups excluding tert-OH is 2.